The molecule has 2 rings (SSSR count). The number of aliphatic hydroxyl groups excluding tert-OH is 1. The minimum atomic E-state index is -0.210. The normalized spacial score (nSPS) is 19.7. The molecular formula is C16H24O2. The van der Waals surface area contributed by atoms with Crippen molar-refractivity contribution in [2.24, 2.45) is 5.41 Å². The number of hydrogen-bond donors (Lipinski definition) is 1. The van der Waals surface area contributed by atoms with Gasteiger partial charge in [0.25, 0.3) is 0 Å². The molecule has 1 aliphatic rings. The summed E-state index contributed by atoms with van der Waals surface area (Å²) in [5, 5.41) is 10.5. The van der Waals surface area contributed by atoms with Gasteiger partial charge in [0.15, 0.2) is 0 Å². The summed E-state index contributed by atoms with van der Waals surface area (Å²) in [6.07, 6.45) is 6.54. The van der Waals surface area contributed by atoms with Crippen molar-refractivity contribution in [1.82, 2.24) is 0 Å². The molecule has 0 aromatic heterocycles. The van der Waals surface area contributed by atoms with Crippen LogP contribution in [0, 0.1) is 5.41 Å². The van der Waals surface area contributed by atoms with Crippen molar-refractivity contribution in [3.63, 3.8) is 0 Å². The summed E-state index contributed by atoms with van der Waals surface area (Å²) in [6.45, 7) is 2.21. The first-order valence-electron chi connectivity index (χ1n) is 7.01. The Balaban J connectivity index is 2.03. The van der Waals surface area contributed by atoms with Crippen LogP contribution in [0.5, 0.6) is 5.75 Å². The third-order valence-corrected chi connectivity index (χ3v) is 4.60. The molecule has 1 aromatic carbocycles. The van der Waals surface area contributed by atoms with Crippen molar-refractivity contribution in [3.8, 4) is 5.75 Å². The molecule has 0 aliphatic heterocycles. The summed E-state index contributed by atoms with van der Waals surface area (Å²) in [5.74, 6) is 0.874. The summed E-state index contributed by atoms with van der Waals surface area (Å²) in [7, 11) is 1.68. The predicted molar refractivity (Wildman–Crippen MR) is 73.9 cm³/mol. The SMILES string of the molecule is CCC1(C(O)Cc2ccc(OC)cc2)CCCC1. The van der Waals surface area contributed by atoms with Gasteiger partial charge >= 0.3 is 0 Å². The van der Waals surface area contributed by atoms with Crippen LogP contribution in [-0.4, -0.2) is 18.3 Å². The van der Waals surface area contributed by atoms with Crippen LogP contribution >= 0.6 is 0 Å². The predicted octanol–water partition coefficient (Wildman–Crippen LogP) is 3.57. The maximum atomic E-state index is 10.5. The van der Waals surface area contributed by atoms with E-state index in [0.29, 0.717) is 0 Å². The zero-order valence-corrected chi connectivity index (χ0v) is 11.5. The van der Waals surface area contributed by atoms with E-state index in [4.69, 9.17) is 4.74 Å². The number of hydrogen-bond acceptors (Lipinski definition) is 2. The Morgan fingerprint density at radius 1 is 1.22 bits per heavy atom. The van der Waals surface area contributed by atoms with Crippen molar-refractivity contribution in [3.05, 3.63) is 29.8 Å². The second kappa shape index (κ2) is 5.75. The van der Waals surface area contributed by atoms with Crippen molar-refractivity contribution in [2.75, 3.05) is 7.11 Å². The number of benzene rings is 1. The van der Waals surface area contributed by atoms with Gasteiger partial charge in [-0.25, -0.2) is 0 Å². The molecule has 2 heteroatoms. The molecule has 1 fully saturated rings. The Labute approximate surface area is 110 Å². The van der Waals surface area contributed by atoms with Crippen molar-refractivity contribution in [1.29, 1.82) is 0 Å². The van der Waals surface area contributed by atoms with Crippen LogP contribution in [0.25, 0.3) is 0 Å². The van der Waals surface area contributed by atoms with E-state index in [2.05, 4.69) is 19.1 Å². The molecule has 0 radical (unpaired) electrons. The monoisotopic (exact) mass is 248 g/mol. The molecule has 100 valence electrons. The molecule has 0 heterocycles. The lowest BCUT2D eigenvalue weighted by atomic mass is 9.76. The van der Waals surface area contributed by atoms with Gasteiger partial charge in [0.2, 0.25) is 0 Å². The maximum Gasteiger partial charge on any atom is 0.118 e. The number of ether oxygens (including phenoxy) is 1. The van der Waals surface area contributed by atoms with Crippen LogP contribution in [-0.2, 0) is 6.42 Å². The highest BCUT2D eigenvalue weighted by Gasteiger charge is 2.38. The molecule has 0 saturated heterocycles. The fourth-order valence-corrected chi connectivity index (χ4v) is 3.20. The Kier molecular flexibility index (Phi) is 4.28. The molecule has 2 nitrogen and oxygen atoms in total. The topological polar surface area (TPSA) is 29.5 Å². The fourth-order valence-electron chi connectivity index (χ4n) is 3.20. The number of rotatable bonds is 5. The summed E-state index contributed by atoms with van der Waals surface area (Å²) in [6, 6.07) is 8.05. The zero-order valence-electron chi connectivity index (χ0n) is 11.5. The van der Waals surface area contributed by atoms with E-state index < -0.39 is 0 Å². The van der Waals surface area contributed by atoms with Gasteiger partial charge in [-0.05, 0) is 48.8 Å². The molecule has 1 N–H and O–H groups in total. The second-order valence-electron chi connectivity index (χ2n) is 5.49. The lowest BCUT2D eigenvalue weighted by Crippen LogP contribution is -2.33. The largest absolute Gasteiger partial charge is 0.497 e. The van der Waals surface area contributed by atoms with Gasteiger partial charge < -0.3 is 9.84 Å². The Morgan fingerprint density at radius 3 is 2.33 bits per heavy atom. The average Bonchev–Trinajstić information content (AvgIpc) is 2.89. The first kappa shape index (κ1) is 13.4. The van der Waals surface area contributed by atoms with E-state index in [0.717, 1.165) is 18.6 Å². The van der Waals surface area contributed by atoms with Gasteiger partial charge in [-0.1, -0.05) is 31.9 Å². The number of aliphatic hydroxyl groups is 1. The first-order chi connectivity index (χ1) is 8.70. The van der Waals surface area contributed by atoms with Gasteiger partial charge in [0.1, 0.15) is 5.75 Å². The van der Waals surface area contributed by atoms with E-state index >= 15 is 0 Å². The van der Waals surface area contributed by atoms with E-state index in [-0.39, 0.29) is 11.5 Å². The van der Waals surface area contributed by atoms with Crippen LogP contribution in [0.2, 0.25) is 0 Å². The van der Waals surface area contributed by atoms with Gasteiger partial charge in [-0.2, -0.15) is 0 Å². The van der Waals surface area contributed by atoms with Crippen molar-refractivity contribution < 1.29 is 9.84 Å². The first-order valence-corrected chi connectivity index (χ1v) is 7.01. The lowest BCUT2D eigenvalue weighted by Gasteiger charge is -2.33. The van der Waals surface area contributed by atoms with Gasteiger partial charge in [-0.15, -0.1) is 0 Å². The highest BCUT2D eigenvalue weighted by molar-refractivity contribution is 5.27. The van der Waals surface area contributed by atoms with Gasteiger partial charge in [0.05, 0.1) is 13.2 Å². The van der Waals surface area contributed by atoms with E-state index in [1.54, 1.807) is 7.11 Å². The molecule has 1 atom stereocenters. The Bertz CT molecular complexity index is 363. The molecule has 1 unspecified atom stereocenters. The molecule has 0 spiro atoms. The lowest BCUT2D eigenvalue weighted by molar-refractivity contribution is 0.0257. The minimum Gasteiger partial charge on any atom is -0.497 e. The summed E-state index contributed by atoms with van der Waals surface area (Å²) in [5.41, 5.74) is 1.36. The van der Waals surface area contributed by atoms with E-state index in [1.807, 2.05) is 12.1 Å². The smallest absolute Gasteiger partial charge is 0.118 e. The molecule has 0 bridgehead atoms. The molecule has 1 aliphatic carbocycles. The van der Waals surface area contributed by atoms with Crippen LogP contribution < -0.4 is 4.74 Å². The van der Waals surface area contributed by atoms with Crippen LogP contribution in [0.1, 0.15) is 44.6 Å². The van der Waals surface area contributed by atoms with Crippen molar-refractivity contribution >= 4 is 0 Å². The second-order valence-corrected chi connectivity index (χ2v) is 5.49. The molecule has 18 heavy (non-hydrogen) atoms. The highest BCUT2D eigenvalue weighted by atomic mass is 16.5. The maximum absolute atomic E-state index is 10.5. The quantitative estimate of drug-likeness (QED) is 0.863. The molecular weight excluding hydrogens is 224 g/mol. The van der Waals surface area contributed by atoms with Gasteiger partial charge in [-0.3, -0.25) is 0 Å². The van der Waals surface area contributed by atoms with Crippen LogP contribution in [0.3, 0.4) is 0 Å². The summed E-state index contributed by atoms with van der Waals surface area (Å²) < 4.78 is 5.15. The van der Waals surface area contributed by atoms with Crippen LogP contribution in [0.4, 0.5) is 0 Å². The Hall–Kier alpha value is -1.02. The number of methoxy groups -OCH3 is 1. The van der Waals surface area contributed by atoms with E-state index in [9.17, 15) is 5.11 Å². The molecule has 1 saturated carbocycles. The summed E-state index contributed by atoms with van der Waals surface area (Å²) >= 11 is 0. The molecule has 0 amide bonds. The van der Waals surface area contributed by atoms with E-state index in [1.165, 1.54) is 31.2 Å². The average molecular weight is 248 g/mol. The molecule has 1 aromatic rings. The zero-order chi connectivity index (χ0) is 13.0. The summed E-state index contributed by atoms with van der Waals surface area (Å²) in [4.78, 5) is 0. The van der Waals surface area contributed by atoms with Crippen LogP contribution in [0.15, 0.2) is 24.3 Å². The minimum absolute atomic E-state index is 0.167. The standard InChI is InChI=1S/C16H24O2/c1-3-16(10-4-5-11-16)15(17)12-13-6-8-14(18-2)9-7-13/h6-9,15,17H,3-5,10-12H2,1-2H3. The van der Waals surface area contributed by atoms with Gasteiger partial charge in [0, 0.05) is 0 Å². The highest BCUT2D eigenvalue weighted by Crippen LogP contribution is 2.44. The van der Waals surface area contributed by atoms with Crippen molar-refractivity contribution in [2.45, 2.75) is 51.6 Å². The fraction of sp³-hybridized carbons (Fsp3) is 0.625. The third-order valence-electron chi connectivity index (χ3n) is 4.60. The third kappa shape index (κ3) is 2.69. The Morgan fingerprint density at radius 2 is 1.83 bits per heavy atom.